The van der Waals surface area contributed by atoms with E-state index in [4.69, 9.17) is 13.6 Å². The van der Waals surface area contributed by atoms with E-state index in [1.165, 1.54) is 0 Å². The zero-order valence-corrected chi connectivity index (χ0v) is 55.6. The van der Waals surface area contributed by atoms with Crippen molar-refractivity contribution in [2.45, 2.75) is 147 Å². The minimum atomic E-state index is -4.98. The molecule has 0 saturated heterocycles. The van der Waals surface area contributed by atoms with Crippen LogP contribution in [0.1, 0.15) is 129 Å². The number of phosphoric acid groups is 1. The number of phosphoric ester groups is 1. The molecule has 0 radical (unpaired) electrons. The van der Waals surface area contributed by atoms with Gasteiger partial charge in [0.15, 0.2) is 0 Å². The van der Waals surface area contributed by atoms with Crippen LogP contribution in [0.25, 0.3) is 0 Å². The molecule has 6 aromatic rings. The second kappa shape index (κ2) is 32.1. The Kier molecular flexibility index (Phi) is 24.6. The van der Waals surface area contributed by atoms with Crippen molar-refractivity contribution in [3.63, 3.8) is 0 Å². The third-order valence-electron chi connectivity index (χ3n) is 17.5. The fourth-order valence-electron chi connectivity index (χ4n) is 11.9. The number of hydrogen-bond donors (Lipinski definition) is 6. The number of carbonyl (C=O) groups is 3. The minimum Gasteiger partial charge on any atom is -0.347 e. The Hall–Kier alpha value is -7.06. The van der Waals surface area contributed by atoms with Gasteiger partial charge < -0.3 is 16.0 Å². The average Bonchev–Trinajstić information content (AvgIpc) is 0.827. The molecule has 0 aromatic heterocycles. The molecular formula is C66H72F9N6O13PS3. The molecule has 3 aliphatic rings. The molecule has 0 aliphatic heterocycles. The largest absolute Gasteiger partial charge is 0.475 e. The van der Waals surface area contributed by atoms with Gasteiger partial charge in [0.25, 0.3) is 0 Å². The number of alkyl halides is 9. The van der Waals surface area contributed by atoms with Gasteiger partial charge in [-0.3, -0.25) is 28.0 Å². The second-order valence-electron chi connectivity index (χ2n) is 24.3. The summed E-state index contributed by atoms with van der Waals surface area (Å²) < 4.78 is 240. The first-order valence-electron chi connectivity index (χ1n) is 31.4. The summed E-state index contributed by atoms with van der Waals surface area (Å²) >= 11 is 0. The van der Waals surface area contributed by atoms with Crippen LogP contribution in [0, 0.1) is 17.8 Å². The number of sulfonamides is 3. The summed E-state index contributed by atoms with van der Waals surface area (Å²) in [5.74, 6) is -3.51. The zero-order valence-electron chi connectivity index (χ0n) is 52.3. The molecule has 3 aliphatic carbocycles. The SMILES string of the molecule is O=C(N[C@H](COP(=O)(OC[C@@H](NC(=O)C1CCC(NS(=O)(=O)c2ccc(C(F)(F)F)cc2)CC1)c1ccccc1)OC[C@@H](NC(=O)C1CCC(NS(=O)(=O)c2ccc(C(F)(F)F)cc2)CC1)c1ccccc1)c1ccccc1)C1CCC(NS(=O)(=O)c2ccc(C(F)(F)F)cc2)CC1. The van der Waals surface area contributed by atoms with Crippen LogP contribution in [-0.4, -0.2) is 80.9 Å². The molecule has 6 aromatic carbocycles. The molecule has 3 amide bonds. The van der Waals surface area contributed by atoms with E-state index in [0.29, 0.717) is 53.1 Å². The maximum atomic E-state index is 15.6. The summed E-state index contributed by atoms with van der Waals surface area (Å²) in [5, 5.41) is 8.88. The van der Waals surface area contributed by atoms with Gasteiger partial charge in [-0.25, -0.2) is 44.0 Å². The molecule has 0 heterocycles. The maximum Gasteiger partial charge on any atom is 0.475 e. The van der Waals surface area contributed by atoms with Gasteiger partial charge in [0.1, 0.15) is 0 Å². The Morgan fingerprint density at radius 3 is 0.776 bits per heavy atom. The lowest BCUT2D eigenvalue weighted by Gasteiger charge is -2.31. The van der Waals surface area contributed by atoms with Crippen molar-refractivity contribution in [3.05, 3.63) is 197 Å². The lowest BCUT2D eigenvalue weighted by atomic mass is 9.85. The standard InChI is InChI=1S/C66H72F9N6O13PS3/c67-64(68,69)49-22-34-55(35-23-49)96(86,87)79-52-28-16-46(17-29-52)61(82)76-58(43-10-4-1-5-11-43)40-92-95(85,93-41-59(44-12-6-2-7-13-44)77-62(83)47-18-30-53(31-19-47)80-97(88,89)56-36-24-50(25-37-56)65(70,71)72)94-42-60(45-14-8-3-9-15-45)78-63(84)48-20-32-54(33-21-48)81-98(90,91)57-38-26-51(27-39-57)66(73,74)75/h1-15,22-27,34-39,46-48,52-54,58-60,79-81H,16-21,28-33,40-42H2,(H,76,82)(H,77,83)(H,78,84)/t46?,47?,48?,52?,53?,54?,58-,59-,60-,95?/m1/s1. The van der Waals surface area contributed by atoms with Crippen LogP contribution in [0.15, 0.2) is 178 Å². The highest BCUT2D eigenvalue weighted by Gasteiger charge is 2.40. The van der Waals surface area contributed by atoms with Gasteiger partial charge in [0.05, 0.1) is 69.3 Å². The Morgan fingerprint density at radius 2 is 0.571 bits per heavy atom. The lowest BCUT2D eigenvalue weighted by Crippen LogP contribution is -2.42. The van der Waals surface area contributed by atoms with Gasteiger partial charge >= 0.3 is 26.4 Å². The van der Waals surface area contributed by atoms with Crippen molar-refractivity contribution in [2.24, 2.45) is 17.8 Å². The number of halogens is 9. The number of rotatable bonds is 27. The van der Waals surface area contributed by atoms with E-state index in [1.807, 2.05) is 0 Å². The normalized spacial score (nSPS) is 21.4. The number of hydrogen-bond acceptors (Lipinski definition) is 13. The first-order valence-corrected chi connectivity index (χ1v) is 37.3. The lowest BCUT2D eigenvalue weighted by molar-refractivity contribution is -0.138. The number of amides is 3. The average molecular weight is 1460 g/mol. The van der Waals surface area contributed by atoms with Crippen molar-refractivity contribution in [1.29, 1.82) is 0 Å². The van der Waals surface area contributed by atoms with Crippen LogP contribution in [-0.2, 0) is 81.1 Å². The Balaban J connectivity index is 0.901. The third-order valence-corrected chi connectivity index (χ3v) is 23.5. The summed E-state index contributed by atoms with van der Waals surface area (Å²) in [4.78, 5) is 41.7. The highest BCUT2D eigenvalue weighted by Crippen LogP contribution is 2.52. The molecule has 530 valence electrons. The van der Waals surface area contributed by atoms with E-state index in [1.54, 1.807) is 91.0 Å². The molecule has 3 fully saturated rings. The predicted molar refractivity (Wildman–Crippen MR) is 340 cm³/mol. The zero-order chi connectivity index (χ0) is 70.7. The summed E-state index contributed by atoms with van der Waals surface area (Å²) in [7, 11) is -17.7. The van der Waals surface area contributed by atoms with Crippen molar-refractivity contribution in [1.82, 2.24) is 30.1 Å². The highest BCUT2D eigenvalue weighted by atomic mass is 32.2. The maximum absolute atomic E-state index is 15.6. The predicted octanol–water partition coefficient (Wildman–Crippen LogP) is 12.4. The highest BCUT2D eigenvalue weighted by molar-refractivity contribution is 7.90. The first-order chi connectivity index (χ1) is 46.2. The van der Waals surface area contributed by atoms with Crippen LogP contribution in [0.2, 0.25) is 0 Å². The van der Waals surface area contributed by atoms with E-state index < -0.39 is 165 Å². The topological polar surface area (TPSA) is 271 Å². The van der Waals surface area contributed by atoms with E-state index >= 15 is 4.57 Å². The van der Waals surface area contributed by atoms with Crippen LogP contribution in [0.3, 0.4) is 0 Å². The van der Waals surface area contributed by atoms with E-state index in [9.17, 15) is 79.2 Å². The molecule has 32 heteroatoms. The second-order valence-corrected chi connectivity index (χ2v) is 31.1. The molecule has 9 rings (SSSR count). The first kappa shape index (κ1) is 75.1. The number of carbonyl (C=O) groups excluding carboxylic acids is 3. The molecule has 6 N–H and O–H groups in total. The molecule has 19 nitrogen and oxygen atoms in total. The number of benzene rings is 6. The van der Waals surface area contributed by atoms with Crippen LogP contribution >= 0.6 is 7.82 Å². The molecule has 0 spiro atoms. The summed E-state index contributed by atoms with van der Waals surface area (Å²) in [5.41, 5.74) is -1.66. The third kappa shape index (κ3) is 20.8. The Morgan fingerprint density at radius 1 is 0.357 bits per heavy atom. The number of nitrogens with one attached hydrogen (secondary N) is 6. The molecular weight excluding hydrogens is 1380 g/mol. The Labute approximate surface area is 561 Å². The van der Waals surface area contributed by atoms with Crippen molar-refractivity contribution >= 4 is 55.6 Å². The van der Waals surface area contributed by atoms with Crippen molar-refractivity contribution in [2.75, 3.05) is 19.8 Å². The van der Waals surface area contributed by atoms with Gasteiger partial charge in [-0.15, -0.1) is 0 Å². The minimum absolute atomic E-state index is 0.175. The fourth-order valence-corrected chi connectivity index (χ4v) is 17.1. The van der Waals surface area contributed by atoms with Crippen LogP contribution in [0.5, 0.6) is 0 Å². The molecule has 98 heavy (non-hydrogen) atoms. The van der Waals surface area contributed by atoms with E-state index in [2.05, 4.69) is 30.1 Å². The van der Waals surface area contributed by atoms with E-state index in [0.717, 1.165) is 36.4 Å². The summed E-state index contributed by atoms with van der Waals surface area (Å²) in [6.07, 6.45) is -11.9. The molecule has 0 unspecified atom stereocenters. The van der Waals surface area contributed by atoms with Crippen molar-refractivity contribution < 1.29 is 97.3 Å². The van der Waals surface area contributed by atoms with Crippen LogP contribution < -0.4 is 30.1 Å². The fraction of sp³-hybridized carbons (Fsp3) is 0.409. The molecule has 0 bridgehead atoms. The monoisotopic (exact) mass is 1450 g/mol. The van der Waals surface area contributed by atoms with Crippen molar-refractivity contribution in [3.8, 4) is 0 Å². The van der Waals surface area contributed by atoms with Gasteiger partial charge in [-0.05, 0) is 167 Å². The van der Waals surface area contributed by atoms with Crippen LogP contribution in [0.4, 0.5) is 39.5 Å². The van der Waals surface area contributed by atoms with Gasteiger partial charge in [-0.1, -0.05) is 91.0 Å². The summed E-state index contributed by atoms with van der Waals surface area (Å²) in [6, 6.07) is 29.1. The smallest absolute Gasteiger partial charge is 0.347 e. The summed E-state index contributed by atoms with van der Waals surface area (Å²) in [6.45, 7) is -1.76. The van der Waals surface area contributed by atoms with Gasteiger partial charge in [0, 0.05) is 35.9 Å². The van der Waals surface area contributed by atoms with Gasteiger partial charge in [0.2, 0.25) is 47.8 Å². The quantitative estimate of drug-likeness (QED) is 0.0207. The van der Waals surface area contributed by atoms with E-state index in [-0.39, 0.29) is 91.7 Å². The van der Waals surface area contributed by atoms with Gasteiger partial charge in [-0.2, -0.15) is 39.5 Å². The Bertz CT molecular complexity index is 3640. The molecule has 3 atom stereocenters. The molecule has 3 saturated carbocycles.